The number of nitrogens with zero attached hydrogens (tertiary/aromatic N) is 3. The molecule has 0 aromatic carbocycles. The molecule has 3 atom stereocenters. The Balaban J connectivity index is 2.43. The number of rotatable bonds is 6. The Kier molecular flexibility index (Phi) is 7.34. The summed E-state index contributed by atoms with van der Waals surface area (Å²) in [6.45, 7) is 8.97. The molecule has 0 amide bonds. The van der Waals surface area contributed by atoms with Gasteiger partial charge in [0.2, 0.25) is 0 Å². The molecule has 1 N–H and O–H groups in total. The van der Waals surface area contributed by atoms with Crippen molar-refractivity contribution in [2.75, 3.05) is 13.6 Å². The smallest absolute Gasteiger partial charge is 0.156 e. The summed E-state index contributed by atoms with van der Waals surface area (Å²) in [4.78, 5) is 2.29. The summed E-state index contributed by atoms with van der Waals surface area (Å²) in [6.07, 6.45) is 4.03. The van der Waals surface area contributed by atoms with Gasteiger partial charge in [0.15, 0.2) is 6.29 Å². The van der Waals surface area contributed by atoms with Gasteiger partial charge in [-0.25, -0.2) is 0 Å². The molecule has 116 valence electrons. The number of ether oxygens (including phenoxy) is 1. The molecule has 0 aliphatic carbocycles. The van der Waals surface area contributed by atoms with E-state index in [1.165, 1.54) is 0 Å². The highest BCUT2D eigenvalue weighted by atomic mass is 16.6. The Labute approximate surface area is 122 Å². The van der Waals surface area contributed by atoms with Crippen LogP contribution in [0.2, 0.25) is 0 Å². The van der Waals surface area contributed by atoms with E-state index in [4.69, 9.17) is 4.74 Å². The van der Waals surface area contributed by atoms with Gasteiger partial charge in [-0.05, 0) is 41.2 Å². The summed E-state index contributed by atoms with van der Waals surface area (Å²) < 4.78 is 5.36. The van der Waals surface area contributed by atoms with Crippen LogP contribution in [0.1, 0.15) is 47.0 Å². The first kappa shape index (κ1) is 17.3. The van der Waals surface area contributed by atoms with Crippen molar-refractivity contribution in [1.82, 2.24) is 4.90 Å². The third-order valence-electron chi connectivity index (χ3n) is 3.56. The van der Waals surface area contributed by atoms with E-state index in [0.717, 1.165) is 25.1 Å². The Morgan fingerprint density at radius 3 is 2.70 bits per heavy atom. The first-order valence-corrected chi connectivity index (χ1v) is 7.52. The van der Waals surface area contributed by atoms with E-state index >= 15 is 0 Å². The van der Waals surface area contributed by atoms with Crippen LogP contribution in [0.25, 0.3) is 0 Å². The standard InChI is InChI=1S/C15H29N3O2/c1-6-13(17-16-11(2)3)7-8-18(5)14-9-12(4)20-15(19)10-14/h6,11-12,14-15,19H,7-10H2,1-5H3/b13-6-,17-16?/t12-,14+,15-/m1/s1. The van der Waals surface area contributed by atoms with E-state index in [0.29, 0.717) is 12.5 Å². The molecule has 1 aliphatic heterocycles. The van der Waals surface area contributed by atoms with Gasteiger partial charge in [-0.15, -0.1) is 0 Å². The van der Waals surface area contributed by atoms with Crippen LogP contribution in [0.5, 0.6) is 0 Å². The summed E-state index contributed by atoms with van der Waals surface area (Å²) in [5.74, 6) is 0. The molecule has 1 rings (SSSR count). The van der Waals surface area contributed by atoms with Gasteiger partial charge < -0.3 is 14.7 Å². The lowest BCUT2D eigenvalue weighted by Gasteiger charge is -2.36. The zero-order chi connectivity index (χ0) is 15.1. The molecule has 20 heavy (non-hydrogen) atoms. The van der Waals surface area contributed by atoms with E-state index in [9.17, 15) is 5.11 Å². The first-order chi connectivity index (χ1) is 9.42. The number of aliphatic hydroxyl groups is 1. The van der Waals surface area contributed by atoms with Crippen LogP contribution in [0.4, 0.5) is 0 Å². The molecule has 5 nitrogen and oxygen atoms in total. The zero-order valence-electron chi connectivity index (χ0n) is 13.4. The van der Waals surface area contributed by atoms with Crippen LogP contribution in [0.15, 0.2) is 22.0 Å². The molecular weight excluding hydrogens is 254 g/mol. The van der Waals surface area contributed by atoms with Gasteiger partial charge in [-0.1, -0.05) is 6.08 Å². The average Bonchev–Trinajstić information content (AvgIpc) is 2.37. The molecular formula is C15H29N3O2. The number of azo groups is 1. The van der Waals surface area contributed by atoms with Crippen LogP contribution >= 0.6 is 0 Å². The Morgan fingerprint density at radius 2 is 2.15 bits per heavy atom. The first-order valence-electron chi connectivity index (χ1n) is 7.52. The molecule has 0 saturated carbocycles. The zero-order valence-corrected chi connectivity index (χ0v) is 13.4. The van der Waals surface area contributed by atoms with Crippen molar-refractivity contribution in [2.45, 2.75) is 71.4 Å². The van der Waals surface area contributed by atoms with Gasteiger partial charge in [-0.3, -0.25) is 0 Å². The fraction of sp³-hybridized carbons (Fsp3) is 0.867. The fourth-order valence-electron chi connectivity index (χ4n) is 2.37. The largest absolute Gasteiger partial charge is 0.368 e. The molecule has 0 bridgehead atoms. The number of aliphatic hydroxyl groups excluding tert-OH is 1. The number of hydrogen-bond donors (Lipinski definition) is 1. The second-order valence-corrected chi connectivity index (χ2v) is 5.85. The van der Waals surface area contributed by atoms with Crippen LogP contribution in [-0.4, -0.2) is 48.1 Å². The lowest BCUT2D eigenvalue weighted by molar-refractivity contribution is -0.173. The van der Waals surface area contributed by atoms with Crippen LogP contribution < -0.4 is 0 Å². The van der Waals surface area contributed by atoms with Gasteiger partial charge in [0.05, 0.1) is 17.8 Å². The maximum Gasteiger partial charge on any atom is 0.156 e. The van der Waals surface area contributed by atoms with Crippen molar-refractivity contribution < 1.29 is 9.84 Å². The minimum Gasteiger partial charge on any atom is -0.368 e. The van der Waals surface area contributed by atoms with Gasteiger partial charge in [-0.2, -0.15) is 10.2 Å². The number of hydrogen-bond acceptors (Lipinski definition) is 5. The van der Waals surface area contributed by atoms with Gasteiger partial charge in [0, 0.05) is 25.4 Å². The SMILES string of the molecule is C/C=C(/CCN(C)[C@H]1C[C@@H](C)O[C@@H](O)C1)N=NC(C)C. The molecule has 0 radical (unpaired) electrons. The van der Waals surface area contributed by atoms with Gasteiger partial charge in [0.1, 0.15) is 0 Å². The lowest BCUT2D eigenvalue weighted by Crippen LogP contribution is -2.43. The third-order valence-corrected chi connectivity index (χ3v) is 3.56. The summed E-state index contributed by atoms with van der Waals surface area (Å²) in [7, 11) is 2.10. The molecule has 5 heteroatoms. The maximum atomic E-state index is 9.67. The Morgan fingerprint density at radius 1 is 1.45 bits per heavy atom. The predicted molar refractivity (Wildman–Crippen MR) is 80.6 cm³/mol. The molecule has 1 heterocycles. The fourth-order valence-corrected chi connectivity index (χ4v) is 2.37. The van der Waals surface area contributed by atoms with Crippen LogP contribution in [-0.2, 0) is 4.74 Å². The topological polar surface area (TPSA) is 57.4 Å². The second kappa shape index (κ2) is 8.49. The molecule has 0 aromatic rings. The van der Waals surface area contributed by atoms with Crippen molar-refractivity contribution in [3.8, 4) is 0 Å². The highest BCUT2D eigenvalue weighted by Crippen LogP contribution is 2.22. The van der Waals surface area contributed by atoms with E-state index in [1.54, 1.807) is 0 Å². The summed E-state index contributed by atoms with van der Waals surface area (Å²) in [5, 5.41) is 18.1. The predicted octanol–water partition coefficient (Wildman–Crippen LogP) is 2.96. The summed E-state index contributed by atoms with van der Waals surface area (Å²) in [6, 6.07) is 0.600. The third kappa shape index (κ3) is 6.11. The second-order valence-electron chi connectivity index (χ2n) is 5.85. The lowest BCUT2D eigenvalue weighted by atomic mass is 10.0. The van der Waals surface area contributed by atoms with Crippen molar-refractivity contribution >= 4 is 0 Å². The van der Waals surface area contributed by atoms with E-state index in [1.807, 2.05) is 33.8 Å². The summed E-state index contributed by atoms with van der Waals surface area (Å²) >= 11 is 0. The Bertz CT molecular complexity index is 332. The molecule has 1 fully saturated rings. The van der Waals surface area contributed by atoms with Crippen molar-refractivity contribution in [3.63, 3.8) is 0 Å². The van der Waals surface area contributed by atoms with Crippen molar-refractivity contribution in [1.29, 1.82) is 0 Å². The molecule has 1 saturated heterocycles. The van der Waals surface area contributed by atoms with Crippen LogP contribution in [0.3, 0.4) is 0 Å². The van der Waals surface area contributed by atoms with Gasteiger partial charge >= 0.3 is 0 Å². The maximum absolute atomic E-state index is 9.67. The average molecular weight is 283 g/mol. The van der Waals surface area contributed by atoms with E-state index < -0.39 is 6.29 Å². The Hall–Kier alpha value is -0.780. The monoisotopic (exact) mass is 283 g/mol. The molecule has 1 aliphatic rings. The summed E-state index contributed by atoms with van der Waals surface area (Å²) in [5.41, 5.74) is 1.02. The minimum absolute atomic E-state index is 0.119. The quantitative estimate of drug-likeness (QED) is 0.762. The number of allylic oxidation sites excluding steroid dienone is 1. The van der Waals surface area contributed by atoms with Crippen molar-refractivity contribution in [2.24, 2.45) is 10.2 Å². The highest BCUT2D eigenvalue weighted by molar-refractivity contribution is 4.97. The van der Waals surface area contributed by atoms with Crippen molar-refractivity contribution in [3.05, 3.63) is 11.8 Å². The molecule has 0 unspecified atom stereocenters. The minimum atomic E-state index is -0.631. The van der Waals surface area contributed by atoms with E-state index in [-0.39, 0.29) is 12.1 Å². The highest BCUT2D eigenvalue weighted by Gasteiger charge is 2.28. The van der Waals surface area contributed by atoms with Crippen LogP contribution in [0, 0.1) is 0 Å². The van der Waals surface area contributed by atoms with Gasteiger partial charge in [0.25, 0.3) is 0 Å². The molecule has 0 spiro atoms. The normalized spacial score (nSPS) is 28.8. The molecule has 0 aromatic heterocycles. The van der Waals surface area contributed by atoms with E-state index in [2.05, 4.69) is 22.2 Å².